The third kappa shape index (κ3) is 5.78. The topological polar surface area (TPSA) is 97.1 Å². The average Bonchev–Trinajstić information content (AvgIpc) is 3.31. The Kier molecular flexibility index (Phi) is 8.42. The molecule has 0 saturated heterocycles. The molecule has 28 heavy (non-hydrogen) atoms. The number of amides is 1. The first-order valence-electron chi connectivity index (χ1n) is 8.82. The number of hydrogen-bond donors (Lipinski definition) is 3. The van der Waals surface area contributed by atoms with Crippen molar-refractivity contribution in [2.45, 2.75) is 19.9 Å². The maximum absolute atomic E-state index is 11.9. The van der Waals surface area contributed by atoms with Gasteiger partial charge in [-0.15, -0.1) is 24.0 Å². The molecule has 2 aromatic rings. The minimum Gasteiger partial charge on any atom is -0.459 e. The molecule has 0 aliphatic carbocycles. The number of benzene rings is 1. The van der Waals surface area contributed by atoms with Gasteiger partial charge < -0.3 is 29.8 Å². The van der Waals surface area contributed by atoms with Gasteiger partial charge in [0.1, 0.15) is 0 Å². The molecule has 8 nitrogen and oxygen atoms in total. The van der Waals surface area contributed by atoms with E-state index in [4.69, 9.17) is 13.9 Å². The Hall–Kier alpha value is -2.43. The zero-order valence-corrected chi connectivity index (χ0v) is 18.2. The Balaban J connectivity index is 0.00000280. The largest absolute Gasteiger partial charge is 0.459 e. The summed E-state index contributed by atoms with van der Waals surface area (Å²) in [6.45, 7) is 3.95. The molecule has 152 valence electrons. The first-order valence-corrected chi connectivity index (χ1v) is 8.82. The van der Waals surface area contributed by atoms with Crippen LogP contribution in [0, 0.1) is 6.92 Å². The van der Waals surface area contributed by atoms with Crippen molar-refractivity contribution in [2.75, 3.05) is 26.9 Å². The van der Waals surface area contributed by atoms with Crippen LogP contribution in [0.3, 0.4) is 0 Å². The van der Waals surface area contributed by atoms with E-state index >= 15 is 0 Å². The second kappa shape index (κ2) is 10.8. The minimum atomic E-state index is -0.192. The van der Waals surface area contributed by atoms with Crippen LogP contribution < -0.4 is 25.4 Å². The van der Waals surface area contributed by atoms with Gasteiger partial charge in [0, 0.05) is 32.2 Å². The SMILES string of the molecule is CN=C(NCCCNC(=O)c1occc1C)NCc1ccc2c(c1)OCO2.I. The molecule has 0 radical (unpaired) electrons. The molecule has 2 heterocycles. The molecule has 1 amide bonds. The molecule has 0 unspecified atom stereocenters. The van der Waals surface area contributed by atoms with Crippen molar-refractivity contribution in [3.05, 3.63) is 47.4 Å². The summed E-state index contributed by atoms with van der Waals surface area (Å²) in [7, 11) is 1.72. The predicted octanol–water partition coefficient (Wildman–Crippen LogP) is 2.42. The van der Waals surface area contributed by atoms with Crippen molar-refractivity contribution >= 4 is 35.8 Å². The highest BCUT2D eigenvalue weighted by molar-refractivity contribution is 14.0. The van der Waals surface area contributed by atoms with E-state index in [9.17, 15) is 4.79 Å². The summed E-state index contributed by atoms with van der Waals surface area (Å²) in [6, 6.07) is 7.61. The van der Waals surface area contributed by atoms with Gasteiger partial charge in [0.25, 0.3) is 5.91 Å². The fourth-order valence-corrected chi connectivity index (χ4v) is 2.64. The summed E-state index contributed by atoms with van der Waals surface area (Å²) >= 11 is 0. The van der Waals surface area contributed by atoms with E-state index < -0.39 is 0 Å². The van der Waals surface area contributed by atoms with E-state index in [-0.39, 0.29) is 36.7 Å². The first-order chi connectivity index (χ1) is 13.2. The number of nitrogens with zero attached hydrogens (tertiary/aromatic N) is 1. The minimum absolute atomic E-state index is 0. The number of halogens is 1. The average molecular weight is 500 g/mol. The Morgan fingerprint density at radius 2 is 1.89 bits per heavy atom. The molecule has 0 fully saturated rings. The van der Waals surface area contributed by atoms with Crippen molar-refractivity contribution in [2.24, 2.45) is 4.99 Å². The third-order valence-electron chi connectivity index (χ3n) is 4.12. The van der Waals surface area contributed by atoms with Crippen LogP contribution >= 0.6 is 24.0 Å². The Morgan fingerprint density at radius 1 is 1.11 bits per heavy atom. The summed E-state index contributed by atoms with van der Waals surface area (Å²) in [5.41, 5.74) is 1.90. The summed E-state index contributed by atoms with van der Waals surface area (Å²) in [6.07, 6.45) is 2.28. The number of ether oxygens (including phenoxy) is 2. The number of carbonyl (C=O) groups is 1. The number of carbonyl (C=O) groups excluding carboxylic acids is 1. The zero-order chi connectivity index (χ0) is 19.1. The maximum atomic E-state index is 11.9. The van der Waals surface area contributed by atoms with E-state index in [0.717, 1.165) is 29.0 Å². The number of rotatable bonds is 7. The van der Waals surface area contributed by atoms with Crippen LogP contribution in [0.15, 0.2) is 39.9 Å². The number of fused-ring (bicyclic) bond motifs is 1. The molecule has 1 aromatic carbocycles. The molecular formula is C19H25IN4O4. The van der Waals surface area contributed by atoms with E-state index in [2.05, 4.69) is 20.9 Å². The molecule has 0 bridgehead atoms. The number of guanidine groups is 1. The lowest BCUT2D eigenvalue weighted by atomic mass is 10.2. The fraction of sp³-hybridized carbons (Fsp3) is 0.368. The predicted molar refractivity (Wildman–Crippen MR) is 117 cm³/mol. The number of furan rings is 1. The van der Waals surface area contributed by atoms with Gasteiger partial charge in [0.05, 0.1) is 6.26 Å². The van der Waals surface area contributed by atoms with Gasteiger partial charge in [-0.3, -0.25) is 9.79 Å². The van der Waals surface area contributed by atoms with Crippen LogP contribution in [-0.2, 0) is 6.54 Å². The van der Waals surface area contributed by atoms with E-state index in [1.165, 1.54) is 6.26 Å². The lowest BCUT2D eigenvalue weighted by Crippen LogP contribution is -2.38. The summed E-state index contributed by atoms with van der Waals surface area (Å²) in [5, 5.41) is 9.31. The number of nitrogens with one attached hydrogen (secondary N) is 3. The van der Waals surface area contributed by atoms with Crippen molar-refractivity contribution in [3.63, 3.8) is 0 Å². The molecule has 0 spiro atoms. The first kappa shape index (κ1) is 21.9. The van der Waals surface area contributed by atoms with Crippen molar-refractivity contribution in [1.29, 1.82) is 0 Å². The molecular weight excluding hydrogens is 475 g/mol. The van der Waals surface area contributed by atoms with E-state index in [1.54, 1.807) is 13.1 Å². The van der Waals surface area contributed by atoms with Crippen molar-refractivity contribution in [1.82, 2.24) is 16.0 Å². The highest BCUT2D eigenvalue weighted by Crippen LogP contribution is 2.32. The van der Waals surface area contributed by atoms with Crippen LogP contribution in [0.2, 0.25) is 0 Å². The number of hydrogen-bond acceptors (Lipinski definition) is 5. The molecule has 3 rings (SSSR count). The van der Waals surface area contributed by atoms with E-state index in [1.807, 2.05) is 25.1 Å². The van der Waals surface area contributed by atoms with Crippen molar-refractivity contribution in [3.8, 4) is 11.5 Å². The molecule has 9 heteroatoms. The number of aliphatic imine (C=N–C) groups is 1. The smallest absolute Gasteiger partial charge is 0.287 e. The molecule has 0 atom stereocenters. The Labute approximate surface area is 181 Å². The van der Waals surface area contributed by atoms with Crippen LogP contribution in [0.5, 0.6) is 11.5 Å². The van der Waals surface area contributed by atoms with Gasteiger partial charge >= 0.3 is 0 Å². The van der Waals surface area contributed by atoms with Gasteiger partial charge in [-0.05, 0) is 37.1 Å². The molecule has 3 N–H and O–H groups in total. The lowest BCUT2D eigenvalue weighted by Gasteiger charge is -2.12. The van der Waals surface area contributed by atoms with Crippen molar-refractivity contribution < 1.29 is 18.7 Å². The summed E-state index contributed by atoms with van der Waals surface area (Å²) in [4.78, 5) is 16.1. The molecule has 1 aromatic heterocycles. The Morgan fingerprint density at radius 3 is 2.64 bits per heavy atom. The summed E-state index contributed by atoms with van der Waals surface area (Å²) < 4.78 is 15.9. The highest BCUT2D eigenvalue weighted by atomic mass is 127. The van der Waals surface area contributed by atoms with Crippen LogP contribution in [-0.4, -0.2) is 38.8 Å². The summed E-state index contributed by atoms with van der Waals surface area (Å²) in [5.74, 6) is 2.40. The maximum Gasteiger partial charge on any atom is 0.287 e. The monoisotopic (exact) mass is 500 g/mol. The molecule has 0 saturated carbocycles. The van der Waals surface area contributed by atoms with Gasteiger partial charge in [0.15, 0.2) is 23.2 Å². The van der Waals surface area contributed by atoms with Gasteiger partial charge in [-0.25, -0.2) is 0 Å². The number of aryl methyl sites for hydroxylation is 1. The lowest BCUT2D eigenvalue weighted by molar-refractivity contribution is 0.0925. The van der Waals surface area contributed by atoms with Crippen LogP contribution in [0.25, 0.3) is 0 Å². The second-order valence-corrected chi connectivity index (χ2v) is 6.08. The third-order valence-corrected chi connectivity index (χ3v) is 4.12. The van der Waals surface area contributed by atoms with Gasteiger partial charge in [0.2, 0.25) is 6.79 Å². The van der Waals surface area contributed by atoms with Gasteiger partial charge in [-0.1, -0.05) is 6.07 Å². The Bertz CT molecular complexity index is 822. The van der Waals surface area contributed by atoms with Crippen LogP contribution in [0.1, 0.15) is 28.1 Å². The van der Waals surface area contributed by atoms with Crippen LogP contribution in [0.4, 0.5) is 0 Å². The highest BCUT2D eigenvalue weighted by Gasteiger charge is 2.13. The fourth-order valence-electron chi connectivity index (χ4n) is 2.64. The van der Waals surface area contributed by atoms with E-state index in [0.29, 0.717) is 31.4 Å². The normalized spacial score (nSPS) is 12.3. The zero-order valence-electron chi connectivity index (χ0n) is 15.9. The second-order valence-electron chi connectivity index (χ2n) is 6.08. The van der Waals surface area contributed by atoms with Gasteiger partial charge in [-0.2, -0.15) is 0 Å². The molecule has 1 aliphatic heterocycles. The quantitative estimate of drug-likeness (QED) is 0.234. The molecule has 1 aliphatic rings. The standard InChI is InChI=1S/C19H24N4O4.HI/c1-13-6-9-25-17(13)18(24)21-7-3-8-22-19(20-2)23-11-14-4-5-15-16(10-14)27-12-26-15;/h4-6,9-10H,3,7-8,11-12H2,1-2H3,(H,21,24)(H2,20,22,23);1H.